The quantitative estimate of drug-likeness (QED) is 0.716. The molecular weight excluding hydrogens is 367 g/mol. The molecule has 3 aromatic rings. The third-order valence-electron chi connectivity index (χ3n) is 4.92. The SMILES string of the molecule is O=C(c1ccc(F)c(Cl)c1)N1CCCCC1c1[nH]ncc1-c1ccncc1. The van der Waals surface area contributed by atoms with Gasteiger partial charge in [-0.15, -0.1) is 0 Å². The number of hydrogen-bond donors (Lipinski definition) is 1. The van der Waals surface area contributed by atoms with Gasteiger partial charge in [0.2, 0.25) is 0 Å². The van der Waals surface area contributed by atoms with Gasteiger partial charge in [0, 0.05) is 30.1 Å². The van der Waals surface area contributed by atoms with Gasteiger partial charge in [0.25, 0.3) is 5.91 Å². The lowest BCUT2D eigenvalue weighted by atomic mass is 9.94. The van der Waals surface area contributed by atoms with E-state index in [0.29, 0.717) is 12.1 Å². The van der Waals surface area contributed by atoms with E-state index in [0.717, 1.165) is 36.1 Å². The molecule has 0 saturated carbocycles. The number of piperidine rings is 1. The molecule has 138 valence electrons. The minimum absolute atomic E-state index is 0.0478. The van der Waals surface area contributed by atoms with Gasteiger partial charge in [-0.2, -0.15) is 5.10 Å². The Morgan fingerprint density at radius 2 is 2.04 bits per heavy atom. The number of amides is 1. The molecule has 0 radical (unpaired) electrons. The number of aromatic nitrogens is 3. The van der Waals surface area contributed by atoms with Crippen molar-refractivity contribution >= 4 is 17.5 Å². The molecule has 4 rings (SSSR count). The summed E-state index contributed by atoms with van der Waals surface area (Å²) in [4.78, 5) is 19.0. The first-order chi connectivity index (χ1) is 13.1. The van der Waals surface area contributed by atoms with Gasteiger partial charge in [0.05, 0.1) is 23.0 Å². The van der Waals surface area contributed by atoms with Gasteiger partial charge >= 0.3 is 0 Å². The zero-order valence-electron chi connectivity index (χ0n) is 14.5. The second kappa shape index (κ2) is 7.48. The van der Waals surface area contributed by atoms with Crippen LogP contribution in [0.3, 0.4) is 0 Å². The van der Waals surface area contributed by atoms with E-state index in [2.05, 4.69) is 15.2 Å². The molecule has 2 aromatic heterocycles. The molecule has 0 aliphatic carbocycles. The Kier molecular flexibility index (Phi) is 4.90. The summed E-state index contributed by atoms with van der Waals surface area (Å²) in [5, 5.41) is 7.24. The minimum Gasteiger partial charge on any atom is -0.330 e. The summed E-state index contributed by atoms with van der Waals surface area (Å²) in [6.07, 6.45) is 8.02. The molecule has 5 nitrogen and oxygen atoms in total. The number of aromatic amines is 1. The molecule has 1 fully saturated rings. The highest BCUT2D eigenvalue weighted by Crippen LogP contribution is 2.36. The summed E-state index contributed by atoms with van der Waals surface area (Å²) >= 11 is 5.87. The van der Waals surface area contributed by atoms with Gasteiger partial charge in [0.15, 0.2) is 0 Å². The summed E-state index contributed by atoms with van der Waals surface area (Å²) in [6.45, 7) is 0.632. The van der Waals surface area contributed by atoms with Crippen molar-refractivity contribution in [2.75, 3.05) is 6.54 Å². The molecular formula is C20H18ClFN4O. The molecule has 1 saturated heterocycles. The molecule has 1 unspecified atom stereocenters. The van der Waals surface area contributed by atoms with Crippen LogP contribution < -0.4 is 0 Å². The van der Waals surface area contributed by atoms with Crippen molar-refractivity contribution in [3.05, 3.63) is 71.0 Å². The van der Waals surface area contributed by atoms with Gasteiger partial charge in [-0.3, -0.25) is 14.9 Å². The van der Waals surface area contributed by atoms with Crippen molar-refractivity contribution in [3.63, 3.8) is 0 Å². The number of carbonyl (C=O) groups excluding carboxylic acids is 1. The number of halogens is 2. The Hall–Kier alpha value is -2.73. The average Bonchev–Trinajstić information content (AvgIpc) is 3.20. The lowest BCUT2D eigenvalue weighted by Gasteiger charge is -2.35. The third-order valence-corrected chi connectivity index (χ3v) is 5.21. The van der Waals surface area contributed by atoms with Crippen LogP contribution in [-0.4, -0.2) is 32.5 Å². The summed E-state index contributed by atoms with van der Waals surface area (Å²) in [5.74, 6) is -0.686. The highest BCUT2D eigenvalue weighted by Gasteiger charge is 2.31. The van der Waals surface area contributed by atoms with E-state index in [1.54, 1.807) is 18.6 Å². The Bertz CT molecular complexity index is 960. The average molecular weight is 385 g/mol. The van der Waals surface area contributed by atoms with Gasteiger partial charge in [-0.25, -0.2) is 4.39 Å². The maximum Gasteiger partial charge on any atom is 0.254 e. The number of hydrogen-bond acceptors (Lipinski definition) is 3. The van der Waals surface area contributed by atoms with E-state index in [9.17, 15) is 9.18 Å². The molecule has 1 aliphatic heterocycles. The Balaban J connectivity index is 1.69. The van der Waals surface area contributed by atoms with Gasteiger partial charge in [0.1, 0.15) is 5.82 Å². The maximum absolute atomic E-state index is 13.5. The van der Waals surface area contributed by atoms with Crippen LogP contribution in [0.1, 0.15) is 41.4 Å². The van der Waals surface area contributed by atoms with E-state index in [1.807, 2.05) is 17.0 Å². The maximum atomic E-state index is 13.5. The van der Waals surface area contributed by atoms with Crippen LogP contribution in [0, 0.1) is 5.82 Å². The van der Waals surface area contributed by atoms with Crippen molar-refractivity contribution in [2.45, 2.75) is 25.3 Å². The molecule has 1 aromatic carbocycles. The number of H-pyrrole nitrogens is 1. The van der Waals surface area contributed by atoms with Gasteiger partial charge < -0.3 is 4.90 Å². The normalized spacial score (nSPS) is 17.1. The van der Waals surface area contributed by atoms with Crippen LogP contribution in [0.4, 0.5) is 4.39 Å². The summed E-state index contributed by atoms with van der Waals surface area (Å²) < 4.78 is 13.5. The zero-order valence-corrected chi connectivity index (χ0v) is 15.3. The molecule has 7 heteroatoms. The lowest BCUT2D eigenvalue weighted by Crippen LogP contribution is -2.39. The number of carbonyl (C=O) groups is 1. The van der Waals surface area contributed by atoms with E-state index >= 15 is 0 Å². The standard InChI is InChI=1S/C20H18ClFN4O/c21-16-11-14(4-5-17(16)22)20(27)26-10-2-1-3-18(26)19-15(12-24-25-19)13-6-8-23-9-7-13/h4-9,11-12,18H,1-3,10H2,(H,24,25). The number of benzene rings is 1. The molecule has 0 bridgehead atoms. The number of pyridine rings is 1. The minimum atomic E-state index is -0.531. The van der Waals surface area contributed by atoms with Crippen molar-refractivity contribution in [2.24, 2.45) is 0 Å². The first kappa shape index (κ1) is 17.7. The van der Waals surface area contributed by atoms with Crippen LogP contribution in [0.25, 0.3) is 11.1 Å². The second-order valence-electron chi connectivity index (χ2n) is 6.57. The molecule has 1 N–H and O–H groups in total. The number of rotatable bonds is 3. The fourth-order valence-electron chi connectivity index (χ4n) is 3.58. The largest absolute Gasteiger partial charge is 0.330 e. The van der Waals surface area contributed by atoms with Crippen LogP contribution in [-0.2, 0) is 0 Å². The van der Waals surface area contributed by atoms with E-state index in [-0.39, 0.29) is 17.0 Å². The highest BCUT2D eigenvalue weighted by molar-refractivity contribution is 6.31. The molecule has 27 heavy (non-hydrogen) atoms. The van der Waals surface area contributed by atoms with Crippen LogP contribution in [0.5, 0.6) is 0 Å². The smallest absolute Gasteiger partial charge is 0.254 e. The third kappa shape index (κ3) is 3.45. The van der Waals surface area contributed by atoms with Crippen molar-refractivity contribution in [1.82, 2.24) is 20.1 Å². The van der Waals surface area contributed by atoms with Crippen LogP contribution >= 0.6 is 11.6 Å². The van der Waals surface area contributed by atoms with Gasteiger partial charge in [-0.05, 0) is 55.2 Å². The summed E-state index contributed by atoms with van der Waals surface area (Å²) in [7, 11) is 0. The predicted octanol–water partition coefficient (Wildman–Crippen LogP) is 4.63. The van der Waals surface area contributed by atoms with Gasteiger partial charge in [-0.1, -0.05) is 11.6 Å². The first-order valence-electron chi connectivity index (χ1n) is 8.85. The molecule has 1 aliphatic rings. The Labute approximate surface area is 161 Å². The van der Waals surface area contributed by atoms with Crippen LogP contribution in [0.15, 0.2) is 48.9 Å². The summed E-state index contributed by atoms with van der Waals surface area (Å²) in [5.41, 5.74) is 3.25. The highest BCUT2D eigenvalue weighted by atomic mass is 35.5. The van der Waals surface area contributed by atoms with E-state index in [4.69, 9.17) is 11.6 Å². The fourth-order valence-corrected chi connectivity index (χ4v) is 3.76. The number of nitrogens with zero attached hydrogens (tertiary/aromatic N) is 3. The lowest BCUT2D eigenvalue weighted by molar-refractivity contribution is 0.0606. The van der Waals surface area contributed by atoms with Crippen molar-refractivity contribution in [1.29, 1.82) is 0 Å². The Morgan fingerprint density at radius 1 is 1.22 bits per heavy atom. The van der Waals surface area contributed by atoms with E-state index < -0.39 is 5.82 Å². The zero-order chi connectivity index (χ0) is 18.8. The predicted molar refractivity (Wildman–Crippen MR) is 101 cm³/mol. The van der Waals surface area contributed by atoms with Crippen LogP contribution in [0.2, 0.25) is 5.02 Å². The topological polar surface area (TPSA) is 61.9 Å². The molecule has 0 spiro atoms. The van der Waals surface area contributed by atoms with Crippen molar-refractivity contribution in [3.8, 4) is 11.1 Å². The number of likely N-dealkylation sites (tertiary alicyclic amines) is 1. The van der Waals surface area contributed by atoms with E-state index in [1.165, 1.54) is 18.2 Å². The molecule has 1 atom stereocenters. The Morgan fingerprint density at radius 3 is 2.81 bits per heavy atom. The first-order valence-corrected chi connectivity index (χ1v) is 9.22. The second-order valence-corrected chi connectivity index (χ2v) is 6.98. The monoisotopic (exact) mass is 384 g/mol. The summed E-state index contributed by atoms with van der Waals surface area (Å²) in [6, 6.07) is 7.81. The molecule has 3 heterocycles. The fraction of sp³-hybridized carbons (Fsp3) is 0.250. The number of nitrogens with one attached hydrogen (secondary N) is 1. The molecule has 1 amide bonds. The van der Waals surface area contributed by atoms with Crippen molar-refractivity contribution < 1.29 is 9.18 Å².